The highest BCUT2D eigenvalue weighted by atomic mass is 32.2. The average molecular weight is 439 g/mol. The highest BCUT2D eigenvalue weighted by molar-refractivity contribution is 7.89. The van der Waals surface area contributed by atoms with Gasteiger partial charge in [-0.25, -0.2) is 8.42 Å². The van der Waals surface area contributed by atoms with E-state index in [1.807, 2.05) is 0 Å². The molecular weight excluding hydrogens is 412 g/mol. The molecule has 29 heavy (non-hydrogen) atoms. The second-order valence-corrected chi connectivity index (χ2v) is 11.0. The molecule has 1 saturated heterocycles. The molecule has 1 saturated carbocycles. The van der Waals surface area contributed by atoms with Gasteiger partial charge in [0.05, 0.1) is 15.7 Å². The summed E-state index contributed by atoms with van der Waals surface area (Å²) in [4.78, 5) is 18.4. The van der Waals surface area contributed by atoms with Crippen molar-refractivity contribution in [3.63, 3.8) is 0 Å². The summed E-state index contributed by atoms with van der Waals surface area (Å²) in [5.41, 5.74) is 0. The smallest absolute Gasteiger partial charge is 0.244 e. The Morgan fingerprint density at radius 2 is 2.00 bits per heavy atom. The highest BCUT2D eigenvalue weighted by Crippen LogP contribution is 2.35. The molecule has 2 aromatic heterocycles. The van der Waals surface area contributed by atoms with Gasteiger partial charge in [0.2, 0.25) is 27.6 Å². The van der Waals surface area contributed by atoms with Gasteiger partial charge in [-0.2, -0.15) is 9.29 Å². The van der Waals surface area contributed by atoms with E-state index < -0.39 is 10.0 Å². The Kier molecular flexibility index (Phi) is 5.76. The van der Waals surface area contributed by atoms with Crippen molar-refractivity contribution in [1.29, 1.82) is 0 Å². The number of aromatic nitrogens is 2. The fourth-order valence-corrected chi connectivity index (χ4v) is 7.14. The van der Waals surface area contributed by atoms with Gasteiger partial charge in [0.25, 0.3) is 0 Å². The van der Waals surface area contributed by atoms with Crippen LogP contribution in [0.5, 0.6) is 0 Å². The van der Waals surface area contributed by atoms with Crippen molar-refractivity contribution in [3.8, 4) is 10.7 Å². The van der Waals surface area contributed by atoms with Crippen LogP contribution in [0.3, 0.4) is 0 Å². The third-order valence-corrected chi connectivity index (χ3v) is 8.86. The number of nitrogens with zero attached hydrogens (tertiary/aromatic N) is 3. The summed E-state index contributed by atoms with van der Waals surface area (Å²) in [5.74, 6) is 0.520. The van der Waals surface area contributed by atoms with Crippen LogP contribution in [0.1, 0.15) is 49.3 Å². The first-order valence-corrected chi connectivity index (χ1v) is 12.3. The van der Waals surface area contributed by atoms with Gasteiger partial charge >= 0.3 is 0 Å². The molecule has 0 aromatic carbocycles. The summed E-state index contributed by atoms with van der Waals surface area (Å²) in [5, 5.41) is 7.00. The van der Waals surface area contributed by atoms with Gasteiger partial charge in [-0.05, 0) is 38.7 Å². The predicted molar refractivity (Wildman–Crippen MR) is 109 cm³/mol. The number of carbonyl (C=O) groups is 1. The number of nitrogens with one attached hydrogen (secondary N) is 1. The van der Waals surface area contributed by atoms with Crippen LogP contribution in [0.15, 0.2) is 15.5 Å². The van der Waals surface area contributed by atoms with Crippen LogP contribution in [-0.4, -0.2) is 47.9 Å². The molecule has 0 bridgehead atoms. The van der Waals surface area contributed by atoms with Gasteiger partial charge in [-0.15, -0.1) is 11.3 Å². The zero-order chi connectivity index (χ0) is 20.6. The molecule has 1 aliphatic heterocycles. The maximum atomic E-state index is 13.3. The monoisotopic (exact) mass is 438 g/mol. The van der Waals surface area contributed by atoms with E-state index in [2.05, 4.69) is 15.5 Å². The number of hydrogen-bond donors (Lipinski definition) is 1. The van der Waals surface area contributed by atoms with Crippen LogP contribution >= 0.6 is 11.3 Å². The van der Waals surface area contributed by atoms with E-state index in [4.69, 9.17) is 4.52 Å². The Morgan fingerprint density at radius 1 is 1.24 bits per heavy atom. The van der Waals surface area contributed by atoms with Gasteiger partial charge in [0.1, 0.15) is 0 Å². The minimum atomic E-state index is -3.69. The molecule has 2 aliphatic rings. The van der Waals surface area contributed by atoms with Crippen molar-refractivity contribution in [3.05, 3.63) is 16.8 Å². The van der Waals surface area contributed by atoms with E-state index in [1.165, 1.54) is 15.6 Å². The number of hydrogen-bond acceptors (Lipinski definition) is 7. The van der Waals surface area contributed by atoms with E-state index >= 15 is 0 Å². The molecule has 158 valence electrons. The number of sulfonamides is 1. The standard InChI is InChI=1S/C19H26N4O4S2/c1-12-17(10-16(28-12)18-20-13(2)27-22-18)29(25,26)23-9-5-6-14(11-23)19(24)21-15-7-3-4-8-15/h10,14-15H,3-9,11H2,1-2H3,(H,21,24)/t14-/m0/s1. The fourth-order valence-electron chi connectivity index (χ4n) is 4.13. The minimum Gasteiger partial charge on any atom is -0.353 e. The lowest BCUT2D eigenvalue weighted by molar-refractivity contribution is -0.126. The highest BCUT2D eigenvalue weighted by Gasteiger charge is 2.35. The molecule has 1 N–H and O–H groups in total. The number of amides is 1. The molecular formula is C19H26N4O4S2. The predicted octanol–water partition coefficient (Wildman–Crippen LogP) is 2.87. The lowest BCUT2D eigenvalue weighted by Gasteiger charge is -2.31. The third kappa shape index (κ3) is 4.24. The zero-order valence-electron chi connectivity index (χ0n) is 16.7. The Hall–Kier alpha value is -1.78. The maximum Gasteiger partial charge on any atom is 0.244 e. The normalized spacial score (nSPS) is 21.5. The molecule has 1 amide bonds. The van der Waals surface area contributed by atoms with Crippen LogP contribution in [-0.2, 0) is 14.8 Å². The quantitative estimate of drug-likeness (QED) is 0.769. The van der Waals surface area contributed by atoms with Crippen LogP contribution in [0.25, 0.3) is 10.7 Å². The van der Waals surface area contributed by atoms with Crippen LogP contribution in [0.2, 0.25) is 0 Å². The molecule has 0 unspecified atom stereocenters. The van der Waals surface area contributed by atoms with Gasteiger partial charge < -0.3 is 9.84 Å². The van der Waals surface area contributed by atoms with Crippen molar-refractivity contribution < 1.29 is 17.7 Å². The largest absolute Gasteiger partial charge is 0.353 e. The molecule has 4 rings (SSSR count). The first-order valence-electron chi connectivity index (χ1n) is 10.1. The Bertz CT molecular complexity index is 992. The van der Waals surface area contributed by atoms with E-state index in [1.54, 1.807) is 19.9 Å². The van der Waals surface area contributed by atoms with Crippen molar-refractivity contribution in [1.82, 2.24) is 19.8 Å². The SMILES string of the molecule is Cc1nc(-c2cc(S(=O)(=O)N3CCC[C@H](C(=O)NC4CCCC4)C3)c(C)s2)no1. The first-order chi connectivity index (χ1) is 13.8. The third-order valence-electron chi connectivity index (χ3n) is 5.69. The lowest BCUT2D eigenvalue weighted by atomic mass is 9.98. The summed E-state index contributed by atoms with van der Waals surface area (Å²) in [6.07, 6.45) is 5.74. The minimum absolute atomic E-state index is 0.0122. The Morgan fingerprint density at radius 3 is 2.69 bits per heavy atom. The lowest BCUT2D eigenvalue weighted by Crippen LogP contribution is -2.47. The number of rotatable bonds is 5. The van der Waals surface area contributed by atoms with Crippen molar-refractivity contribution in [2.75, 3.05) is 13.1 Å². The molecule has 1 atom stereocenters. The van der Waals surface area contributed by atoms with Crippen LogP contribution in [0, 0.1) is 19.8 Å². The number of thiophene rings is 1. The molecule has 10 heteroatoms. The summed E-state index contributed by atoms with van der Waals surface area (Å²) >= 11 is 1.33. The topological polar surface area (TPSA) is 105 Å². The number of piperidine rings is 1. The molecule has 2 fully saturated rings. The van der Waals surface area contributed by atoms with Crippen molar-refractivity contribution >= 4 is 27.3 Å². The van der Waals surface area contributed by atoms with E-state index in [-0.39, 0.29) is 29.3 Å². The summed E-state index contributed by atoms with van der Waals surface area (Å²) in [6.45, 7) is 4.13. The van der Waals surface area contributed by atoms with E-state index in [9.17, 15) is 13.2 Å². The molecule has 1 aliphatic carbocycles. The van der Waals surface area contributed by atoms with Crippen molar-refractivity contribution in [2.24, 2.45) is 5.92 Å². The molecule has 3 heterocycles. The molecule has 2 aromatic rings. The summed E-state index contributed by atoms with van der Waals surface area (Å²) < 4.78 is 33.1. The van der Waals surface area contributed by atoms with Gasteiger partial charge in [0, 0.05) is 30.9 Å². The second kappa shape index (κ2) is 8.16. The van der Waals surface area contributed by atoms with E-state index in [0.29, 0.717) is 34.4 Å². The van der Waals surface area contributed by atoms with E-state index in [0.717, 1.165) is 32.1 Å². The molecule has 0 spiro atoms. The second-order valence-electron chi connectivity index (χ2n) is 7.86. The number of carbonyl (C=O) groups excluding carboxylic acids is 1. The summed E-state index contributed by atoms with van der Waals surface area (Å²) in [6, 6.07) is 1.86. The molecule has 0 radical (unpaired) electrons. The average Bonchev–Trinajstić information content (AvgIpc) is 3.43. The Balaban J connectivity index is 1.51. The van der Waals surface area contributed by atoms with Gasteiger partial charge in [-0.1, -0.05) is 18.0 Å². The van der Waals surface area contributed by atoms with Gasteiger partial charge in [0.15, 0.2) is 0 Å². The molecule has 8 nitrogen and oxygen atoms in total. The van der Waals surface area contributed by atoms with Crippen LogP contribution in [0.4, 0.5) is 0 Å². The Labute approximate surface area is 174 Å². The number of aryl methyl sites for hydroxylation is 2. The maximum absolute atomic E-state index is 13.3. The first kappa shape index (κ1) is 20.5. The zero-order valence-corrected chi connectivity index (χ0v) is 18.3. The fraction of sp³-hybridized carbons (Fsp3) is 0.632. The van der Waals surface area contributed by atoms with Gasteiger partial charge in [-0.3, -0.25) is 4.79 Å². The summed E-state index contributed by atoms with van der Waals surface area (Å²) in [7, 11) is -3.69. The van der Waals surface area contributed by atoms with Crippen LogP contribution < -0.4 is 5.32 Å². The van der Waals surface area contributed by atoms with Crippen molar-refractivity contribution in [2.45, 2.75) is 63.3 Å².